The standard InChI is InChI=1S/C13H17Cl2NO.ClH/c14-9-5-6-10(11(15)7-9)12(16)13(17)8-3-1-2-4-8;/h5-8,12-13,17H,1-4,16H2;1H/t12-,13+;/m1./s1. The second-order valence-electron chi connectivity index (χ2n) is 4.73. The lowest BCUT2D eigenvalue weighted by atomic mass is 9.91. The minimum atomic E-state index is -0.517. The number of hydrogen-bond acceptors (Lipinski definition) is 2. The number of aliphatic hydroxyl groups excluding tert-OH is 1. The summed E-state index contributed by atoms with van der Waals surface area (Å²) in [4.78, 5) is 0. The molecule has 3 N–H and O–H groups in total. The van der Waals surface area contributed by atoms with Crippen molar-refractivity contribution >= 4 is 35.6 Å². The molecule has 1 aliphatic rings. The van der Waals surface area contributed by atoms with Gasteiger partial charge in [-0.05, 0) is 36.5 Å². The molecule has 0 spiro atoms. The van der Waals surface area contributed by atoms with Crippen LogP contribution in [-0.4, -0.2) is 11.2 Å². The van der Waals surface area contributed by atoms with Crippen LogP contribution < -0.4 is 5.73 Å². The summed E-state index contributed by atoms with van der Waals surface area (Å²) in [5, 5.41) is 11.4. The Morgan fingerprint density at radius 1 is 1.22 bits per heavy atom. The third kappa shape index (κ3) is 3.52. The normalized spacial score (nSPS) is 19.3. The van der Waals surface area contributed by atoms with Crippen LogP contribution in [-0.2, 0) is 0 Å². The molecule has 0 aliphatic heterocycles. The average molecular weight is 311 g/mol. The number of halogens is 3. The van der Waals surface area contributed by atoms with Crippen LogP contribution in [0.15, 0.2) is 18.2 Å². The predicted octanol–water partition coefficient (Wildman–Crippen LogP) is 3.97. The highest BCUT2D eigenvalue weighted by Gasteiger charge is 2.29. The zero-order valence-corrected chi connectivity index (χ0v) is 12.3. The van der Waals surface area contributed by atoms with Crippen molar-refractivity contribution in [2.24, 2.45) is 11.7 Å². The molecule has 1 aromatic rings. The van der Waals surface area contributed by atoms with Crippen molar-refractivity contribution in [1.29, 1.82) is 0 Å². The molecule has 0 unspecified atom stereocenters. The predicted molar refractivity (Wildman–Crippen MR) is 78.6 cm³/mol. The Hall–Kier alpha value is 0.01000. The fraction of sp³-hybridized carbons (Fsp3) is 0.538. The molecule has 0 heterocycles. The van der Waals surface area contributed by atoms with Crippen molar-refractivity contribution < 1.29 is 5.11 Å². The number of nitrogens with two attached hydrogens (primary N) is 1. The van der Waals surface area contributed by atoms with Gasteiger partial charge in [-0.25, -0.2) is 0 Å². The van der Waals surface area contributed by atoms with E-state index < -0.39 is 12.1 Å². The van der Waals surface area contributed by atoms with E-state index in [1.807, 2.05) is 0 Å². The first kappa shape index (κ1) is 16.1. The molecule has 1 aliphatic carbocycles. The third-order valence-corrected chi connectivity index (χ3v) is 4.13. The van der Waals surface area contributed by atoms with Crippen molar-refractivity contribution in [1.82, 2.24) is 0 Å². The molecular formula is C13H18Cl3NO. The van der Waals surface area contributed by atoms with Gasteiger partial charge in [0.05, 0.1) is 12.1 Å². The quantitative estimate of drug-likeness (QED) is 0.887. The van der Waals surface area contributed by atoms with Crippen LogP contribution in [0, 0.1) is 5.92 Å². The molecule has 0 radical (unpaired) electrons. The van der Waals surface area contributed by atoms with Crippen LogP contribution in [0.5, 0.6) is 0 Å². The maximum absolute atomic E-state index is 10.2. The lowest BCUT2D eigenvalue weighted by Crippen LogP contribution is -2.32. The van der Waals surface area contributed by atoms with Gasteiger partial charge in [0.2, 0.25) is 0 Å². The first-order chi connectivity index (χ1) is 8.09. The van der Waals surface area contributed by atoms with Crippen LogP contribution in [0.4, 0.5) is 0 Å². The fourth-order valence-electron chi connectivity index (χ4n) is 2.55. The Labute approximate surface area is 124 Å². The summed E-state index contributed by atoms with van der Waals surface area (Å²) in [6.45, 7) is 0. The molecule has 102 valence electrons. The second-order valence-corrected chi connectivity index (χ2v) is 5.57. The monoisotopic (exact) mass is 309 g/mol. The number of rotatable bonds is 3. The van der Waals surface area contributed by atoms with Gasteiger partial charge in [0.25, 0.3) is 0 Å². The van der Waals surface area contributed by atoms with E-state index in [1.165, 1.54) is 12.8 Å². The Balaban J connectivity index is 0.00000162. The van der Waals surface area contributed by atoms with Crippen LogP contribution >= 0.6 is 35.6 Å². The van der Waals surface area contributed by atoms with E-state index in [9.17, 15) is 5.11 Å². The second kappa shape index (κ2) is 6.97. The molecule has 1 fully saturated rings. The minimum absolute atomic E-state index is 0. The first-order valence-corrected chi connectivity index (χ1v) is 6.74. The molecule has 0 aromatic heterocycles. The van der Waals surface area contributed by atoms with E-state index in [0.29, 0.717) is 16.0 Å². The van der Waals surface area contributed by atoms with Gasteiger partial charge in [0, 0.05) is 10.0 Å². The molecular weight excluding hydrogens is 293 g/mol. The highest BCUT2D eigenvalue weighted by Crippen LogP contribution is 2.35. The SMILES string of the molecule is Cl.N[C@H](c1ccc(Cl)cc1Cl)[C@@H](O)C1CCCC1. The molecule has 0 amide bonds. The number of hydrogen-bond donors (Lipinski definition) is 2. The molecule has 18 heavy (non-hydrogen) atoms. The minimum Gasteiger partial charge on any atom is -0.391 e. The fourth-order valence-corrected chi connectivity index (χ4v) is 3.08. The van der Waals surface area contributed by atoms with E-state index in [2.05, 4.69) is 0 Å². The van der Waals surface area contributed by atoms with Crippen molar-refractivity contribution in [3.8, 4) is 0 Å². The summed E-state index contributed by atoms with van der Waals surface area (Å²) in [5.41, 5.74) is 6.87. The number of benzene rings is 1. The van der Waals surface area contributed by atoms with Crippen LogP contribution in [0.2, 0.25) is 10.0 Å². The Morgan fingerprint density at radius 3 is 2.39 bits per heavy atom. The maximum atomic E-state index is 10.2. The zero-order valence-electron chi connectivity index (χ0n) is 9.98. The summed E-state index contributed by atoms with van der Waals surface area (Å²) in [6.07, 6.45) is 3.96. The summed E-state index contributed by atoms with van der Waals surface area (Å²) >= 11 is 11.9. The third-order valence-electron chi connectivity index (χ3n) is 3.57. The molecule has 2 rings (SSSR count). The summed E-state index contributed by atoms with van der Waals surface area (Å²) < 4.78 is 0. The van der Waals surface area contributed by atoms with Crippen molar-refractivity contribution in [2.75, 3.05) is 0 Å². The van der Waals surface area contributed by atoms with Crippen LogP contribution in [0.1, 0.15) is 37.3 Å². The van der Waals surface area contributed by atoms with E-state index in [1.54, 1.807) is 18.2 Å². The molecule has 1 saturated carbocycles. The van der Waals surface area contributed by atoms with Crippen LogP contribution in [0.25, 0.3) is 0 Å². The molecule has 1 aromatic carbocycles. The highest BCUT2D eigenvalue weighted by atomic mass is 35.5. The maximum Gasteiger partial charge on any atom is 0.0761 e. The van der Waals surface area contributed by atoms with Gasteiger partial charge in [-0.1, -0.05) is 42.1 Å². The molecule has 0 bridgehead atoms. The zero-order chi connectivity index (χ0) is 12.4. The largest absolute Gasteiger partial charge is 0.391 e. The van der Waals surface area contributed by atoms with E-state index >= 15 is 0 Å². The number of aliphatic hydroxyl groups is 1. The molecule has 2 atom stereocenters. The van der Waals surface area contributed by atoms with E-state index in [0.717, 1.165) is 18.4 Å². The highest BCUT2D eigenvalue weighted by molar-refractivity contribution is 6.35. The molecule has 0 saturated heterocycles. The van der Waals surface area contributed by atoms with E-state index in [-0.39, 0.29) is 12.4 Å². The Bertz CT molecular complexity index is 394. The Kier molecular flexibility index (Phi) is 6.22. The van der Waals surface area contributed by atoms with Crippen LogP contribution in [0.3, 0.4) is 0 Å². The van der Waals surface area contributed by atoms with Gasteiger partial charge in [-0.15, -0.1) is 12.4 Å². The van der Waals surface area contributed by atoms with Gasteiger partial charge < -0.3 is 10.8 Å². The van der Waals surface area contributed by atoms with Gasteiger partial charge >= 0.3 is 0 Å². The van der Waals surface area contributed by atoms with Gasteiger partial charge in [0.1, 0.15) is 0 Å². The lowest BCUT2D eigenvalue weighted by molar-refractivity contribution is 0.0845. The smallest absolute Gasteiger partial charge is 0.0761 e. The summed E-state index contributed by atoms with van der Waals surface area (Å²) in [5.74, 6) is 0.303. The van der Waals surface area contributed by atoms with Gasteiger partial charge in [-0.3, -0.25) is 0 Å². The van der Waals surface area contributed by atoms with Gasteiger partial charge in [0.15, 0.2) is 0 Å². The average Bonchev–Trinajstić information content (AvgIpc) is 2.80. The van der Waals surface area contributed by atoms with Gasteiger partial charge in [-0.2, -0.15) is 0 Å². The lowest BCUT2D eigenvalue weighted by Gasteiger charge is -2.25. The first-order valence-electron chi connectivity index (χ1n) is 5.98. The topological polar surface area (TPSA) is 46.2 Å². The molecule has 2 nitrogen and oxygen atoms in total. The van der Waals surface area contributed by atoms with E-state index in [4.69, 9.17) is 28.9 Å². The van der Waals surface area contributed by atoms with Crippen molar-refractivity contribution in [2.45, 2.75) is 37.8 Å². The van der Waals surface area contributed by atoms with Crippen molar-refractivity contribution in [3.63, 3.8) is 0 Å². The summed E-state index contributed by atoms with van der Waals surface area (Å²) in [6, 6.07) is 4.79. The Morgan fingerprint density at radius 2 is 1.83 bits per heavy atom. The summed E-state index contributed by atoms with van der Waals surface area (Å²) in [7, 11) is 0. The van der Waals surface area contributed by atoms with Crippen molar-refractivity contribution in [3.05, 3.63) is 33.8 Å². The molecule has 5 heteroatoms.